The van der Waals surface area contributed by atoms with E-state index < -0.39 is 0 Å². The topological polar surface area (TPSA) is 55.6 Å². The summed E-state index contributed by atoms with van der Waals surface area (Å²) in [6.07, 6.45) is 3.93. The zero-order valence-corrected chi connectivity index (χ0v) is 12.7. The van der Waals surface area contributed by atoms with Gasteiger partial charge in [-0.2, -0.15) is 0 Å². The molecule has 1 saturated heterocycles. The van der Waals surface area contributed by atoms with E-state index in [0.29, 0.717) is 30.9 Å². The Labute approximate surface area is 117 Å². The second-order valence-corrected chi connectivity index (χ2v) is 5.97. The number of rotatable bonds is 7. The molecular weight excluding hydrogens is 240 g/mol. The van der Waals surface area contributed by atoms with Crippen LogP contribution in [0.3, 0.4) is 0 Å². The van der Waals surface area contributed by atoms with Crippen molar-refractivity contribution in [2.75, 3.05) is 26.2 Å². The molecule has 1 amide bonds. The van der Waals surface area contributed by atoms with E-state index in [1.165, 1.54) is 0 Å². The summed E-state index contributed by atoms with van der Waals surface area (Å²) in [6.45, 7) is 9.43. The Bertz CT molecular complexity index is 261. The first-order valence-electron chi connectivity index (χ1n) is 7.66. The van der Waals surface area contributed by atoms with Crippen LogP contribution in [0.25, 0.3) is 0 Å². The maximum absolute atomic E-state index is 12.2. The maximum atomic E-state index is 12.2. The number of carbonyl (C=O) groups is 1. The first-order valence-corrected chi connectivity index (χ1v) is 7.66. The summed E-state index contributed by atoms with van der Waals surface area (Å²) in [4.78, 5) is 14.2. The van der Waals surface area contributed by atoms with Crippen LogP contribution in [0, 0.1) is 11.8 Å². The van der Waals surface area contributed by atoms with Gasteiger partial charge in [-0.15, -0.1) is 0 Å². The summed E-state index contributed by atoms with van der Waals surface area (Å²) in [6, 6.07) is 0. The Kier molecular flexibility index (Phi) is 7.39. The molecule has 1 fully saturated rings. The van der Waals surface area contributed by atoms with Crippen molar-refractivity contribution in [3.8, 4) is 0 Å². The molecule has 0 aliphatic carbocycles. The van der Waals surface area contributed by atoms with E-state index in [1.54, 1.807) is 0 Å². The predicted octanol–water partition coefficient (Wildman–Crippen LogP) is 2.02. The molecule has 1 heterocycles. The number of likely N-dealkylation sites (tertiary alicyclic amines) is 1. The van der Waals surface area contributed by atoms with Crippen molar-refractivity contribution in [1.82, 2.24) is 4.90 Å². The fourth-order valence-electron chi connectivity index (χ4n) is 2.81. The number of hydrogen-bond acceptors (Lipinski definition) is 3. The lowest BCUT2D eigenvalue weighted by atomic mass is 9.93. The molecule has 4 nitrogen and oxygen atoms in total. The van der Waals surface area contributed by atoms with Crippen molar-refractivity contribution < 1.29 is 9.53 Å². The van der Waals surface area contributed by atoms with E-state index in [0.717, 1.165) is 39.0 Å². The van der Waals surface area contributed by atoms with Gasteiger partial charge in [-0.3, -0.25) is 4.79 Å². The van der Waals surface area contributed by atoms with Gasteiger partial charge in [-0.1, -0.05) is 13.8 Å². The average molecular weight is 270 g/mol. The average Bonchev–Trinajstić information content (AvgIpc) is 2.38. The molecule has 4 heteroatoms. The molecule has 0 aromatic carbocycles. The van der Waals surface area contributed by atoms with Crippen molar-refractivity contribution >= 4 is 5.91 Å². The number of hydrogen-bond donors (Lipinski definition) is 1. The van der Waals surface area contributed by atoms with Gasteiger partial charge in [0.05, 0.1) is 6.10 Å². The lowest BCUT2D eigenvalue weighted by Crippen LogP contribution is -2.42. The molecule has 19 heavy (non-hydrogen) atoms. The first kappa shape index (κ1) is 16.4. The molecular formula is C15H30N2O2. The number of nitrogens with zero attached hydrogens (tertiary/aromatic N) is 1. The number of amides is 1. The minimum absolute atomic E-state index is 0.269. The SMILES string of the molecule is CCOC1CCN(C(=O)C[C@@H](CN)CC(C)C)CC1. The lowest BCUT2D eigenvalue weighted by Gasteiger charge is -2.32. The second-order valence-electron chi connectivity index (χ2n) is 5.97. The highest BCUT2D eigenvalue weighted by atomic mass is 16.5. The van der Waals surface area contributed by atoms with Crippen LogP contribution in [0.15, 0.2) is 0 Å². The van der Waals surface area contributed by atoms with Gasteiger partial charge in [-0.25, -0.2) is 0 Å². The standard InChI is InChI=1S/C15H30N2O2/c1-4-19-14-5-7-17(8-6-14)15(18)10-13(11-16)9-12(2)3/h12-14H,4-11,16H2,1-3H3/t13-/m0/s1. The van der Waals surface area contributed by atoms with Crippen LogP contribution in [0.1, 0.15) is 46.5 Å². The highest BCUT2D eigenvalue weighted by Crippen LogP contribution is 2.19. The summed E-state index contributed by atoms with van der Waals surface area (Å²) < 4.78 is 5.61. The molecule has 1 rings (SSSR count). The molecule has 0 aromatic rings. The van der Waals surface area contributed by atoms with Gasteiger partial charge < -0.3 is 15.4 Å². The van der Waals surface area contributed by atoms with Gasteiger partial charge in [0, 0.05) is 26.1 Å². The van der Waals surface area contributed by atoms with Gasteiger partial charge >= 0.3 is 0 Å². The van der Waals surface area contributed by atoms with Crippen molar-refractivity contribution in [2.45, 2.75) is 52.6 Å². The molecule has 1 atom stereocenters. The Morgan fingerprint density at radius 3 is 2.47 bits per heavy atom. The van der Waals surface area contributed by atoms with E-state index in [-0.39, 0.29) is 5.91 Å². The van der Waals surface area contributed by atoms with Crippen LogP contribution in [0.5, 0.6) is 0 Å². The number of ether oxygens (including phenoxy) is 1. The second kappa shape index (κ2) is 8.54. The predicted molar refractivity (Wildman–Crippen MR) is 77.8 cm³/mol. The molecule has 0 aromatic heterocycles. The van der Waals surface area contributed by atoms with E-state index >= 15 is 0 Å². The highest BCUT2D eigenvalue weighted by molar-refractivity contribution is 5.76. The van der Waals surface area contributed by atoms with Crippen molar-refractivity contribution in [3.63, 3.8) is 0 Å². The molecule has 2 N–H and O–H groups in total. The molecule has 1 aliphatic rings. The third kappa shape index (κ3) is 5.91. The number of nitrogens with two attached hydrogens (primary N) is 1. The smallest absolute Gasteiger partial charge is 0.222 e. The largest absolute Gasteiger partial charge is 0.378 e. The van der Waals surface area contributed by atoms with Gasteiger partial charge in [0.2, 0.25) is 5.91 Å². The Hall–Kier alpha value is -0.610. The zero-order chi connectivity index (χ0) is 14.3. The summed E-state index contributed by atoms with van der Waals surface area (Å²) in [7, 11) is 0. The summed E-state index contributed by atoms with van der Waals surface area (Å²) in [5.41, 5.74) is 5.77. The highest BCUT2D eigenvalue weighted by Gasteiger charge is 2.24. The van der Waals surface area contributed by atoms with Crippen LogP contribution >= 0.6 is 0 Å². The van der Waals surface area contributed by atoms with E-state index in [4.69, 9.17) is 10.5 Å². The van der Waals surface area contributed by atoms with Gasteiger partial charge in [0.1, 0.15) is 0 Å². The van der Waals surface area contributed by atoms with E-state index in [2.05, 4.69) is 13.8 Å². The fraction of sp³-hybridized carbons (Fsp3) is 0.933. The van der Waals surface area contributed by atoms with E-state index in [1.807, 2.05) is 11.8 Å². The Morgan fingerprint density at radius 2 is 2.00 bits per heavy atom. The molecule has 0 bridgehead atoms. The Morgan fingerprint density at radius 1 is 1.37 bits per heavy atom. The number of carbonyl (C=O) groups excluding carboxylic acids is 1. The van der Waals surface area contributed by atoms with Crippen molar-refractivity contribution in [1.29, 1.82) is 0 Å². The maximum Gasteiger partial charge on any atom is 0.222 e. The molecule has 0 unspecified atom stereocenters. The van der Waals surface area contributed by atoms with Crippen LogP contribution in [0.4, 0.5) is 0 Å². The monoisotopic (exact) mass is 270 g/mol. The minimum atomic E-state index is 0.269. The number of piperidine rings is 1. The quantitative estimate of drug-likeness (QED) is 0.770. The Balaban J connectivity index is 2.33. The first-order chi connectivity index (χ1) is 9.06. The van der Waals surface area contributed by atoms with Gasteiger partial charge in [0.25, 0.3) is 0 Å². The van der Waals surface area contributed by atoms with Crippen LogP contribution in [0.2, 0.25) is 0 Å². The van der Waals surface area contributed by atoms with Gasteiger partial charge in [-0.05, 0) is 44.6 Å². The minimum Gasteiger partial charge on any atom is -0.378 e. The third-order valence-corrected chi connectivity index (χ3v) is 3.80. The van der Waals surface area contributed by atoms with Gasteiger partial charge in [0.15, 0.2) is 0 Å². The molecule has 1 aliphatic heterocycles. The van der Waals surface area contributed by atoms with Crippen LogP contribution in [-0.2, 0) is 9.53 Å². The van der Waals surface area contributed by atoms with Crippen molar-refractivity contribution in [3.05, 3.63) is 0 Å². The molecule has 0 spiro atoms. The van der Waals surface area contributed by atoms with Crippen LogP contribution < -0.4 is 5.73 Å². The van der Waals surface area contributed by atoms with Crippen LogP contribution in [-0.4, -0.2) is 43.2 Å². The van der Waals surface area contributed by atoms with Crippen molar-refractivity contribution in [2.24, 2.45) is 17.6 Å². The third-order valence-electron chi connectivity index (χ3n) is 3.80. The molecule has 0 saturated carbocycles. The molecule has 0 radical (unpaired) electrons. The molecule has 112 valence electrons. The normalized spacial score (nSPS) is 18.9. The summed E-state index contributed by atoms with van der Waals surface area (Å²) in [5.74, 6) is 1.20. The lowest BCUT2D eigenvalue weighted by molar-refractivity contribution is -0.134. The van der Waals surface area contributed by atoms with E-state index in [9.17, 15) is 4.79 Å². The summed E-state index contributed by atoms with van der Waals surface area (Å²) >= 11 is 0. The fourth-order valence-corrected chi connectivity index (χ4v) is 2.81. The summed E-state index contributed by atoms with van der Waals surface area (Å²) in [5, 5.41) is 0. The zero-order valence-electron chi connectivity index (χ0n) is 12.7.